The van der Waals surface area contributed by atoms with Crippen LogP contribution < -0.4 is 9.64 Å². The number of rotatable bonds is 5. The van der Waals surface area contributed by atoms with E-state index in [0.29, 0.717) is 28.6 Å². The quantitative estimate of drug-likeness (QED) is 0.289. The number of phenolic OH excluding ortho intramolecular Hbond substituents is 3. The molecule has 0 saturated carbocycles. The highest BCUT2D eigenvalue weighted by Crippen LogP contribution is 2.51. The topological polar surface area (TPSA) is 73.2 Å². The van der Waals surface area contributed by atoms with Gasteiger partial charge in [-0.05, 0) is 80.6 Å². The Morgan fingerprint density at radius 1 is 0.588 bits per heavy atom. The van der Waals surface area contributed by atoms with Gasteiger partial charge in [-0.25, -0.2) is 0 Å². The normalized spacial score (nSPS) is 10.9. The third-order valence-corrected chi connectivity index (χ3v) is 6.07. The summed E-state index contributed by atoms with van der Waals surface area (Å²) in [5.74, 6) is 1.38. The number of nitrogens with zero attached hydrogens (tertiary/aromatic N) is 1. The first-order chi connectivity index (χ1) is 16.2. The van der Waals surface area contributed by atoms with Crippen molar-refractivity contribution in [2.24, 2.45) is 0 Å². The Morgan fingerprint density at radius 3 is 1.65 bits per heavy atom. The van der Waals surface area contributed by atoms with Gasteiger partial charge in [0.15, 0.2) is 5.75 Å². The molecular formula is C29H29NO4. The summed E-state index contributed by atoms with van der Waals surface area (Å²) in [6, 6.07) is 20.2. The fourth-order valence-electron chi connectivity index (χ4n) is 3.99. The van der Waals surface area contributed by atoms with E-state index >= 15 is 0 Å². The third kappa shape index (κ3) is 4.13. The van der Waals surface area contributed by atoms with Gasteiger partial charge in [-0.3, -0.25) is 4.90 Å². The van der Waals surface area contributed by atoms with Crippen molar-refractivity contribution in [2.45, 2.75) is 34.6 Å². The standard InChI is InChI=1S/C29H29NO4/c1-17-14-15-22(16-24(17)31)34-25-9-7-6-8-23(25)30(26-18(2)10-12-20(4)28(26)32)27-19(3)11-13-21(5)29(27)33/h6-16,31-33H,1-5H3. The maximum absolute atomic E-state index is 11.2. The number of aryl methyl sites for hydroxylation is 5. The van der Waals surface area contributed by atoms with Gasteiger partial charge in [0.2, 0.25) is 0 Å². The number of hydrogen-bond donors (Lipinski definition) is 3. The number of para-hydroxylation sites is 2. The predicted molar refractivity (Wildman–Crippen MR) is 136 cm³/mol. The minimum atomic E-state index is 0.128. The van der Waals surface area contributed by atoms with Crippen molar-refractivity contribution in [1.82, 2.24) is 0 Å². The van der Waals surface area contributed by atoms with Crippen LogP contribution in [0.25, 0.3) is 0 Å². The monoisotopic (exact) mass is 455 g/mol. The minimum Gasteiger partial charge on any atom is -0.508 e. The molecule has 0 unspecified atom stereocenters. The molecule has 5 heteroatoms. The fourth-order valence-corrected chi connectivity index (χ4v) is 3.99. The number of aromatic hydroxyl groups is 3. The van der Waals surface area contributed by atoms with Gasteiger partial charge in [0.25, 0.3) is 0 Å². The first kappa shape index (κ1) is 23.1. The first-order valence-corrected chi connectivity index (χ1v) is 11.1. The molecule has 0 fully saturated rings. The van der Waals surface area contributed by atoms with Crippen LogP contribution in [0.4, 0.5) is 17.1 Å². The molecule has 0 amide bonds. The van der Waals surface area contributed by atoms with E-state index in [2.05, 4.69) is 0 Å². The van der Waals surface area contributed by atoms with Crippen molar-refractivity contribution in [1.29, 1.82) is 0 Å². The van der Waals surface area contributed by atoms with Crippen molar-refractivity contribution in [3.8, 4) is 28.7 Å². The van der Waals surface area contributed by atoms with Crippen molar-refractivity contribution in [3.63, 3.8) is 0 Å². The highest BCUT2D eigenvalue weighted by atomic mass is 16.5. The van der Waals surface area contributed by atoms with E-state index in [1.165, 1.54) is 0 Å². The van der Waals surface area contributed by atoms with Crippen LogP contribution >= 0.6 is 0 Å². The molecule has 0 atom stereocenters. The average molecular weight is 456 g/mol. The molecule has 4 aromatic carbocycles. The molecule has 0 bridgehead atoms. The van der Waals surface area contributed by atoms with Gasteiger partial charge < -0.3 is 20.1 Å². The molecule has 4 aromatic rings. The van der Waals surface area contributed by atoms with E-state index < -0.39 is 0 Å². The summed E-state index contributed by atoms with van der Waals surface area (Å²) in [6.07, 6.45) is 0. The second-order valence-electron chi connectivity index (χ2n) is 8.65. The second kappa shape index (κ2) is 9.02. The molecule has 0 aliphatic heterocycles. The van der Waals surface area contributed by atoms with Crippen LogP contribution in [0.2, 0.25) is 0 Å². The summed E-state index contributed by atoms with van der Waals surface area (Å²) in [7, 11) is 0. The number of ether oxygens (including phenoxy) is 1. The SMILES string of the molecule is Cc1ccc(Oc2ccccc2N(c2c(C)ccc(C)c2O)c2c(C)ccc(C)c2O)cc1O. The summed E-state index contributed by atoms with van der Waals surface area (Å²) in [6.45, 7) is 9.35. The Balaban J connectivity index is 2.00. The lowest BCUT2D eigenvalue weighted by molar-refractivity contribution is 0.452. The van der Waals surface area contributed by atoms with Gasteiger partial charge in [-0.1, -0.05) is 42.5 Å². The van der Waals surface area contributed by atoms with Gasteiger partial charge in [-0.2, -0.15) is 0 Å². The van der Waals surface area contributed by atoms with Gasteiger partial charge >= 0.3 is 0 Å². The zero-order valence-electron chi connectivity index (χ0n) is 20.0. The van der Waals surface area contributed by atoms with Gasteiger partial charge in [0.05, 0.1) is 17.1 Å². The lowest BCUT2D eigenvalue weighted by Crippen LogP contribution is -2.15. The summed E-state index contributed by atoms with van der Waals surface area (Å²) in [5.41, 5.74) is 5.63. The molecule has 0 aliphatic rings. The molecule has 0 radical (unpaired) electrons. The zero-order chi connectivity index (χ0) is 24.6. The molecule has 0 aromatic heterocycles. The van der Waals surface area contributed by atoms with Crippen LogP contribution in [-0.4, -0.2) is 15.3 Å². The summed E-state index contributed by atoms with van der Waals surface area (Å²) in [5, 5.41) is 32.5. The zero-order valence-corrected chi connectivity index (χ0v) is 20.0. The van der Waals surface area contributed by atoms with Crippen LogP contribution in [0.3, 0.4) is 0 Å². The van der Waals surface area contributed by atoms with E-state index in [1.54, 1.807) is 18.2 Å². The number of hydrogen-bond acceptors (Lipinski definition) is 5. The highest BCUT2D eigenvalue weighted by Gasteiger charge is 2.26. The van der Waals surface area contributed by atoms with Crippen LogP contribution in [0.5, 0.6) is 28.7 Å². The molecular weight excluding hydrogens is 426 g/mol. The largest absolute Gasteiger partial charge is 0.508 e. The predicted octanol–water partition coefficient (Wildman–Crippen LogP) is 7.61. The molecule has 3 N–H and O–H groups in total. The Morgan fingerprint density at radius 2 is 1.09 bits per heavy atom. The summed E-state index contributed by atoms with van der Waals surface area (Å²) < 4.78 is 6.22. The Hall–Kier alpha value is -4.12. The Kier molecular flexibility index (Phi) is 6.12. The van der Waals surface area contributed by atoms with Gasteiger partial charge in [0, 0.05) is 6.07 Å². The molecule has 0 heterocycles. The number of anilines is 3. The molecule has 0 aliphatic carbocycles. The minimum absolute atomic E-state index is 0.128. The maximum Gasteiger partial charge on any atom is 0.151 e. The van der Waals surface area contributed by atoms with Gasteiger partial charge in [0.1, 0.15) is 23.0 Å². The Bertz CT molecular complexity index is 1320. The van der Waals surface area contributed by atoms with Crippen LogP contribution in [0.1, 0.15) is 27.8 Å². The second-order valence-corrected chi connectivity index (χ2v) is 8.65. The van der Waals surface area contributed by atoms with E-state index in [1.807, 2.05) is 88.0 Å². The smallest absolute Gasteiger partial charge is 0.151 e. The number of phenols is 3. The van der Waals surface area contributed by atoms with E-state index in [4.69, 9.17) is 4.74 Å². The molecule has 0 spiro atoms. The van der Waals surface area contributed by atoms with Crippen LogP contribution in [0.15, 0.2) is 66.7 Å². The lowest BCUT2D eigenvalue weighted by atomic mass is 10.0. The molecule has 34 heavy (non-hydrogen) atoms. The molecule has 174 valence electrons. The average Bonchev–Trinajstić information content (AvgIpc) is 2.81. The lowest BCUT2D eigenvalue weighted by Gasteiger charge is -2.31. The van der Waals surface area contributed by atoms with Crippen molar-refractivity contribution >= 4 is 17.1 Å². The summed E-state index contributed by atoms with van der Waals surface area (Å²) in [4.78, 5) is 1.85. The van der Waals surface area contributed by atoms with E-state index in [9.17, 15) is 15.3 Å². The molecule has 5 nitrogen and oxygen atoms in total. The maximum atomic E-state index is 11.2. The third-order valence-electron chi connectivity index (χ3n) is 6.07. The van der Waals surface area contributed by atoms with E-state index in [-0.39, 0.29) is 17.2 Å². The van der Waals surface area contributed by atoms with Crippen LogP contribution in [-0.2, 0) is 0 Å². The Labute approximate surface area is 200 Å². The number of benzene rings is 4. The molecule has 4 rings (SSSR count). The molecule has 0 saturated heterocycles. The van der Waals surface area contributed by atoms with E-state index in [0.717, 1.165) is 27.8 Å². The first-order valence-electron chi connectivity index (χ1n) is 11.1. The highest BCUT2D eigenvalue weighted by molar-refractivity contribution is 5.89. The van der Waals surface area contributed by atoms with Gasteiger partial charge in [-0.15, -0.1) is 0 Å². The summed E-state index contributed by atoms with van der Waals surface area (Å²) >= 11 is 0. The van der Waals surface area contributed by atoms with Crippen molar-refractivity contribution in [3.05, 3.63) is 94.5 Å². The fraction of sp³-hybridized carbons (Fsp3) is 0.172. The van der Waals surface area contributed by atoms with Crippen LogP contribution in [0, 0.1) is 34.6 Å². The van der Waals surface area contributed by atoms with Crippen molar-refractivity contribution < 1.29 is 20.1 Å². The van der Waals surface area contributed by atoms with Crippen molar-refractivity contribution in [2.75, 3.05) is 4.90 Å².